The molecule has 2 heterocycles. The highest BCUT2D eigenvalue weighted by Gasteiger charge is 2.39. The summed E-state index contributed by atoms with van der Waals surface area (Å²) in [7, 11) is -3.24. The van der Waals surface area contributed by atoms with Gasteiger partial charge in [-0.2, -0.15) is 0 Å². The van der Waals surface area contributed by atoms with Crippen LogP contribution in [0.1, 0.15) is 25.0 Å². The molecule has 1 N–H and O–H groups in total. The SMILES string of the molecule is CCN(CCNS(C)(=O)=O)c1ccc(N=C2SC(=C3Sc4ccccc4N3CC)C(=O)N2CCc2ccccc2)c(C)c1. The molecule has 0 aliphatic carbocycles. The van der Waals surface area contributed by atoms with E-state index in [1.165, 1.54) is 23.6 Å². The Morgan fingerprint density at radius 3 is 2.40 bits per heavy atom. The molecule has 0 bridgehead atoms. The van der Waals surface area contributed by atoms with Crippen molar-refractivity contribution in [3.8, 4) is 0 Å². The van der Waals surface area contributed by atoms with Crippen molar-refractivity contribution in [1.29, 1.82) is 0 Å². The van der Waals surface area contributed by atoms with Crippen LogP contribution < -0.4 is 14.5 Å². The number of nitrogens with one attached hydrogen (secondary N) is 1. The third kappa shape index (κ3) is 7.29. The fourth-order valence-corrected chi connectivity index (χ4v) is 7.99. The topological polar surface area (TPSA) is 85.3 Å². The van der Waals surface area contributed by atoms with Crippen molar-refractivity contribution in [2.24, 2.45) is 4.99 Å². The second-order valence-corrected chi connectivity index (χ2v) is 14.2. The molecule has 1 saturated heterocycles. The number of aliphatic imine (C=N–C) groups is 1. The van der Waals surface area contributed by atoms with E-state index in [9.17, 15) is 13.2 Å². The number of hydrogen-bond acceptors (Lipinski definition) is 8. The van der Waals surface area contributed by atoms with Gasteiger partial charge in [0.15, 0.2) is 5.17 Å². The van der Waals surface area contributed by atoms with Crippen molar-refractivity contribution in [3.05, 3.63) is 93.9 Å². The van der Waals surface area contributed by atoms with Crippen molar-refractivity contribution >= 4 is 61.7 Å². The maximum absolute atomic E-state index is 14.0. The average molecular weight is 636 g/mol. The van der Waals surface area contributed by atoms with Crippen molar-refractivity contribution in [3.63, 3.8) is 0 Å². The van der Waals surface area contributed by atoms with Gasteiger partial charge < -0.3 is 9.80 Å². The van der Waals surface area contributed by atoms with Gasteiger partial charge in [-0.25, -0.2) is 18.1 Å². The summed E-state index contributed by atoms with van der Waals surface area (Å²) in [6.07, 6.45) is 1.90. The number of aryl methyl sites for hydroxylation is 1. The predicted octanol–water partition coefficient (Wildman–Crippen LogP) is 5.98. The third-order valence-electron chi connectivity index (χ3n) is 7.34. The Labute approximate surface area is 263 Å². The number of rotatable bonds is 11. The van der Waals surface area contributed by atoms with Gasteiger partial charge in [0.05, 0.1) is 17.6 Å². The number of para-hydroxylation sites is 1. The molecule has 1 amide bonds. The lowest BCUT2D eigenvalue weighted by Crippen LogP contribution is -2.34. The zero-order valence-electron chi connectivity index (χ0n) is 24.9. The number of carbonyl (C=O) groups is 1. The first-order valence-electron chi connectivity index (χ1n) is 14.4. The maximum Gasteiger partial charge on any atom is 0.269 e. The first-order valence-corrected chi connectivity index (χ1v) is 17.9. The lowest BCUT2D eigenvalue weighted by molar-refractivity contribution is -0.122. The molecule has 0 unspecified atom stereocenters. The van der Waals surface area contributed by atoms with Crippen LogP contribution in [0.5, 0.6) is 0 Å². The Morgan fingerprint density at radius 1 is 0.953 bits per heavy atom. The van der Waals surface area contributed by atoms with Gasteiger partial charge in [0, 0.05) is 43.3 Å². The molecule has 3 aromatic carbocycles. The molecule has 0 radical (unpaired) electrons. The highest BCUT2D eigenvalue weighted by Crippen LogP contribution is 2.50. The van der Waals surface area contributed by atoms with E-state index in [0.717, 1.165) is 52.1 Å². The number of thioether (sulfide) groups is 2. The molecule has 43 heavy (non-hydrogen) atoms. The van der Waals surface area contributed by atoms with Crippen LogP contribution in [-0.4, -0.2) is 63.4 Å². The summed E-state index contributed by atoms with van der Waals surface area (Å²) in [6.45, 7) is 9.09. The van der Waals surface area contributed by atoms with E-state index in [1.807, 2.05) is 61.2 Å². The molecule has 0 spiro atoms. The molecule has 226 valence electrons. The van der Waals surface area contributed by atoms with E-state index in [1.54, 1.807) is 11.8 Å². The Balaban J connectivity index is 1.45. The van der Waals surface area contributed by atoms with E-state index in [-0.39, 0.29) is 5.91 Å². The lowest BCUT2D eigenvalue weighted by atomic mass is 10.1. The van der Waals surface area contributed by atoms with Gasteiger partial charge in [-0.05, 0) is 80.4 Å². The van der Waals surface area contributed by atoms with Crippen molar-refractivity contribution in [2.45, 2.75) is 32.1 Å². The summed E-state index contributed by atoms with van der Waals surface area (Å²) in [5.41, 5.74) is 5.08. The minimum Gasteiger partial charge on any atom is -0.370 e. The lowest BCUT2D eigenvalue weighted by Gasteiger charge is -2.24. The maximum atomic E-state index is 14.0. The molecule has 2 aliphatic rings. The van der Waals surface area contributed by atoms with E-state index < -0.39 is 10.0 Å². The van der Waals surface area contributed by atoms with Crippen LogP contribution in [0.3, 0.4) is 0 Å². The van der Waals surface area contributed by atoms with Crippen LogP contribution >= 0.6 is 23.5 Å². The molecule has 5 rings (SSSR count). The number of fused-ring (bicyclic) bond motifs is 1. The number of amidine groups is 1. The quantitative estimate of drug-likeness (QED) is 0.260. The van der Waals surface area contributed by atoms with E-state index in [0.29, 0.717) is 29.7 Å². The van der Waals surface area contributed by atoms with Gasteiger partial charge >= 0.3 is 0 Å². The van der Waals surface area contributed by atoms with Gasteiger partial charge in [-0.3, -0.25) is 9.69 Å². The Morgan fingerprint density at radius 2 is 1.70 bits per heavy atom. The molecule has 0 saturated carbocycles. The van der Waals surface area contributed by atoms with E-state index >= 15 is 0 Å². The van der Waals surface area contributed by atoms with Crippen molar-refractivity contribution in [1.82, 2.24) is 9.62 Å². The normalized spacial score (nSPS) is 17.7. The molecule has 8 nitrogen and oxygen atoms in total. The zero-order valence-corrected chi connectivity index (χ0v) is 27.4. The summed E-state index contributed by atoms with van der Waals surface area (Å²) >= 11 is 3.10. The molecule has 0 atom stereocenters. The van der Waals surface area contributed by atoms with Crippen LogP contribution in [0.2, 0.25) is 0 Å². The van der Waals surface area contributed by atoms with Crippen molar-refractivity contribution < 1.29 is 13.2 Å². The Hall–Kier alpha value is -3.25. The molecule has 1 fully saturated rings. The number of hydrogen-bond donors (Lipinski definition) is 1. The largest absolute Gasteiger partial charge is 0.370 e. The summed E-state index contributed by atoms with van der Waals surface area (Å²) in [6, 6.07) is 24.5. The number of nitrogens with zero attached hydrogens (tertiary/aromatic N) is 4. The molecular weight excluding hydrogens is 599 g/mol. The highest BCUT2D eigenvalue weighted by molar-refractivity contribution is 8.19. The zero-order chi connectivity index (χ0) is 30.6. The second-order valence-electron chi connectivity index (χ2n) is 10.4. The number of sulfonamides is 1. The molecule has 11 heteroatoms. The Bertz CT molecular complexity index is 1660. The molecule has 3 aromatic rings. The summed E-state index contributed by atoms with van der Waals surface area (Å²) in [5, 5.41) is 1.64. The number of carbonyl (C=O) groups excluding carboxylic acids is 1. The van der Waals surface area contributed by atoms with Crippen LogP contribution in [0.15, 0.2) is 92.6 Å². The fraction of sp³-hybridized carbons (Fsp3) is 0.312. The summed E-state index contributed by atoms with van der Waals surface area (Å²) < 4.78 is 25.6. The van der Waals surface area contributed by atoms with Gasteiger partial charge in [0.25, 0.3) is 5.91 Å². The monoisotopic (exact) mass is 635 g/mol. The third-order valence-corrected chi connectivity index (χ3v) is 10.4. The van der Waals surface area contributed by atoms with Gasteiger partial charge in [-0.15, -0.1) is 0 Å². The number of likely N-dealkylation sites (N-methyl/N-ethyl adjacent to an activating group) is 1. The highest BCUT2D eigenvalue weighted by atomic mass is 32.2. The minimum atomic E-state index is -3.24. The van der Waals surface area contributed by atoms with Crippen LogP contribution in [0, 0.1) is 6.92 Å². The smallest absolute Gasteiger partial charge is 0.269 e. The first kappa shape index (κ1) is 31.2. The summed E-state index contributed by atoms with van der Waals surface area (Å²) in [4.78, 5) is 27.1. The first-order chi connectivity index (χ1) is 20.7. The fourth-order valence-electron chi connectivity index (χ4n) is 5.12. The van der Waals surface area contributed by atoms with E-state index in [4.69, 9.17) is 4.99 Å². The van der Waals surface area contributed by atoms with Crippen LogP contribution in [0.25, 0.3) is 0 Å². The van der Waals surface area contributed by atoms with Crippen LogP contribution in [-0.2, 0) is 21.2 Å². The number of benzene rings is 3. The van der Waals surface area contributed by atoms with Crippen molar-refractivity contribution in [2.75, 3.05) is 48.8 Å². The molecule has 0 aromatic heterocycles. The number of anilines is 2. The van der Waals surface area contributed by atoms with Gasteiger partial charge in [0.1, 0.15) is 9.93 Å². The molecule has 2 aliphatic heterocycles. The van der Waals surface area contributed by atoms with E-state index in [2.05, 4.69) is 51.8 Å². The standard InChI is InChI=1S/C32H37N5O3S3/c1-5-35(21-19-33-43(4,39)40)25-16-17-26(23(3)22-25)34-32-37(20-18-24-12-8-7-9-13-24)30(38)29(42-32)31-36(6-2)27-14-10-11-15-28(27)41-31/h7-17,22,33H,5-6,18-21H2,1-4H3. The average Bonchev–Trinajstić information content (AvgIpc) is 3.51. The molecular formula is C32H37N5O3S3. The van der Waals surface area contributed by atoms with Gasteiger partial charge in [-0.1, -0.05) is 54.2 Å². The predicted molar refractivity (Wildman–Crippen MR) is 181 cm³/mol. The number of amides is 1. The van der Waals surface area contributed by atoms with Gasteiger partial charge in [0.2, 0.25) is 10.0 Å². The Kier molecular flexibility index (Phi) is 9.85. The second kappa shape index (κ2) is 13.6. The van der Waals surface area contributed by atoms with Crippen LogP contribution in [0.4, 0.5) is 17.1 Å². The minimum absolute atomic E-state index is 0.0155. The summed E-state index contributed by atoms with van der Waals surface area (Å²) in [5.74, 6) is -0.0155.